The van der Waals surface area contributed by atoms with E-state index in [2.05, 4.69) is 0 Å². The van der Waals surface area contributed by atoms with Crippen LogP contribution in [0.4, 0.5) is 0 Å². The molecule has 0 heterocycles. The Hall–Kier alpha value is -0.0800. The van der Waals surface area contributed by atoms with Gasteiger partial charge in [-0.1, -0.05) is 0 Å². The Morgan fingerprint density at radius 2 is 1.32 bits per heavy atom. The summed E-state index contributed by atoms with van der Waals surface area (Å²) in [6, 6.07) is 0. The van der Waals surface area contributed by atoms with Crippen molar-refractivity contribution in [2.45, 2.75) is 63.3 Å². The molecular formula is C17H30N2. The van der Waals surface area contributed by atoms with Gasteiger partial charge in [0.25, 0.3) is 0 Å². The number of hydrogen-bond donors (Lipinski definition) is 2. The highest BCUT2D eigenvalue weighted by atomic mass is 14.8. The lowest BCUT2D eigenvalue weighted by molar-refractivity contribution is -0.0709. The van der Waals surface area contributed by atoms with Crippen LogP contribution in [0.2, 0.25) is 0 Å². The van der Waals surface area contributed by atoms with Gasteiger partial charge in [-0.25, -0.2) is 0 Å². The van der Waals surface area contributed by atoms with Gasteiger partial charge in [0.1, 0.15) is 0 Å². The Balaban J connectivity index is 1.46. The first kappa shape index (κ1) is 12.6. The highest BCUT2D eigenvalue weighted by Gasteiger charge is 2.51. The quantitative estimate of drug-likeness (QED) is 0.804. The Bertz CT molecular complexity index is 315. The molecule has 5 aliphatic carbocycles. The molecule has 5 saturated carbocycles. The average Bonchev–Trinajstić information content (AvgIpc) is 2.40. The minimum atomic E-state index is -0.0254. The molecule has 0 unspecified atom stereocenters. The van der Waals surface area contributed by atoms with E-state index in [1.807, 2.05) is 0 Å². The van der Waals surface area contributed by atoms with Gasteiger partial charge < -0.3 is 11.5 Å². The number of hydrogen-bond acceptors (Lipinski definition) is 2. The van der Waals surface area contributed by atoms with E-state index >= 15 is 0 Å². The molecule has 0 spiro atoms. The summed E-state index contributed by atoms with van der Waals surface area (Å²) in [5.41, 5.74) is 12.2. The van der Waals surface area contributed by atoms with Crippen LogP contribution in [0.15, 0.2) is 0 Å². The maximum atomic E-state index is 6.37. The minimum absolute atomic E-state index is 0.0254. The molecule has 0 aromatic heterocycles. The van der Waals surface area contributed by atoms with Gasteiger partial charge in [-0.05, 0) is 93.3 Å². The zero-order valence-electron chi connectivity index (χ0n) is 12.2. The van der Waals surface area contributed by atoms with Gasteiger partial charge in [0.2, 0.25) is 0 Å². The standard InChI is InChI=1S/C17H30N2/c18-10-17(19)3-1-13(2-4-17)16-14-6-11-5-12(8-14)9-15(16)7-11/h11-16H,1-10,18-19H2. The molecular weight excluding hydrogens is 232 g/mol. The third kappa shape index (κ3) is 2.06. The van der Waals surface area contributed by atoms with E-state index in [1.165, 1.54) is 25.7 Å². The van der Waals surface area contributed by atoms with Crippen LogP contribution in [0.5, 0.6) is 0 Å². The van der Waals surface area contributed by atoms with Gasteiger partial charge in [0, 0.05) is 12.1 Å². The SMILES string of the molecule is NCC1(N)CCC(C2C3CC4CC(C3)CC2C4)CC1. The largest absolute Gasteiger partial charge is 0.329 e. The van der Waals surface area contributed by atoms with Crippen molar-refractivity contribution in [1.29, 1.82) is 0 Å². The fourth-order valence-corrected chi connectivity index (χ4v) is 6.54. The molecule has 0 radical (unpaired) electrons. The molecule has 0 atom stereocenters. The fourth-order valence-electron chi connectivity index (χ4n) is 6.54. The molecule has 2 nitrogen and oxygen atoms in total. The molecule has 108 valence electrons. The Morgan fingerprint density at radius 1 is 0.789 bits per heavy atom. The zero-order valence-corrected chi connectivity index (χ0v) is 12.2. The fraction of sp³-hybridized carbons (Fsp3) is 1.00. The molecule has 5 fully saturated rings. The molecule has 19 heavy (non-hydrogen) atoms. The van der Waals surface area contributed by atoms with Crippen LogP contribution in [0.3, 0.4) is 0 Å². The lowest BCUT2D eigenvalue weighted by Gasteiger charge is -2.57. The van der Waals surface area contributed by atoms with Crippen molar-refractivity contribution in [1.82, 2.24) is 0 Å². The van der Waals surface area contributed by atoms with E-state index in [4.69, 9.17) is 11.5 Å². The van der Waals surface area contributed by atoms with Crippen LogP contribution < -0.4 is 11.5 Å². The summed E-state index contributed by atoms with van der Waals surface area (Å²) in [6.45, 7) is 0.682. The summed E-state index contributed by atoms with van der Waals surface area (Å²) < 4.78 is 0. The van der Waals surface area contributed by atoms with E-state index in [1.54, 1.807) is 32.1 Å². The Morgan fingerprint density at radius 3 is 1.79 bits per heavy atom. The van der Waals surface area contributed by atoms with Gasteiger partial charge in [0.15, 0.2) is 0 Å². The normalized spacial score (nSPS) is 56.5. The smallest absolute Gasteiger partial charge is 0.0278 e. The molecule has 2 heteroatoms. The lowest BCUT2D eigenvalue weighted by atomic mass is 9.48. The molecule has 0 aromatic rings. The van der Waals surface area contributed by atoms with Crippen molar-refractivity contribution in [3.63, 3.8) is 0 Å². The van der Waals surface area contributed by atoms with E-state index in [-0.39, 0.29) is 5.54 Å². The summed E-state index contributed by atoms with van der Waals surface area (Å²) >= 11 is 0. The van der Waals surface area contributed by atoms with Crippen molar-refractivity contribution in [3.05, 3.63) is 0 Å². The molecule has 0 saturated heterocycles. The van der Waals surface area contributed by atoms with Crippen LogP contribution in [0, 0.1) is 35.5 Å². The number of rotatable bonds is 2. The molecule has 4 bridgehead atoms. The first-order chi connectivity index (χ1) is 9.17. The third-order valence-electron chi connectivity index (χ3n) is 7.28. The lowest BCUT2D eigenvalue weighted by Crippen LogP contribution is -2.53. The Labute approximate surface area is 117 Å². The van der Waals surface area contributed by atoms with Gasteiger partial charge >= 0.3 is 0 Å². The van der Waals surface area contributed by atoms with Crippen LogP contribution in [0.1, 0.15) is 57.8 Å². The van der Waals surface area contributed by atoms with Crippen molar-refractivity contribution in [2.24, 2.45) is 47.0 Å². The van der Waals surface area contributed by atoms with Gasteiger partial charge in [-0.2, -0.15) is 0 Å². The third-order valence-corrected chi connectivity index (χ3v) is 7.28. The first-order valence-corrected chi connectivity index (χ1v) is 8.66. The summed E-state index contributed by atoms with van der Waals surface area (Å²) in [4.78, 5) is 0. The first-order valence-electron chi connectivity index (χ1n) is 8.66. The molecule has 5 rings (SSSR count). The highest BCUT2D eigenvalue weighted by molar-refractivity contribution is 5.02. The van der Waals surface area contributed by atoms with Crippen LogP contribution in [0.25, 0.3) is 0 Å². The van der Waals surface area contributed by atoms with Crippen molar-refractivity contribution in [2.75, 3.05) is 6.54 Å². The summed E-state index contributed by atoms with van der Waals surface area (Å²) in [5.74, 6) is 6.45. The van der Waals surface area contributed by atoms with Crippen molar-refractivity contribution >= 4 is 0 Å². The second kappa shape index (κ2) is 4.46. The maximum Gasteiger partial charge on any atom is 0.0278 e. The summed E-state index contributed by atoms with van der Waals surface area (Å²) in [6.07, 6.45) is 12.9. The maximum absolute atomic E-state index is 6.37. The summed E-state index contributed by atoms with van der Waals surface area (Å²) in [5, 5.41) is 0. The molecule has 0 amide bonds. The predicted octanol–water partition coefficient (Wildman–Crippen LogP) is 2.91. The van der Waals surface area contributed by atoms with Crippen LogP contribution in [-0.4, -0.2) is 12.1 Å². The Kier molecular flexibility index (Phi) is 2.97. The second-order valence-electron chi connectivity index (χ2n) is 8.41. The minimum Gasteiger partial charge on any atom is -0.329 e. The highest BCUT2D eigenvalue weighted by Crippen LogP contribution is 2.60. The average molecular weight is 262 g/mol. The van der Waals surface area contributed by atoms with Crippen molar-refractivity contribution in [3.8, 4) is 0 Å². The molecule has 0 aliphatic heterocycles. The van der Waals surface area contributed by atoms with E-state index in [9.17, 15) is 0 Å². The van der Waals surface area contributed by atoms with E-state index in [0.29, 0.717) is 6.54 Å². The topological polar surface area (TPSA) is 52.0 Å². The van der Waals surface area contributed by atoms with E-state index in [0.717, 1.165) is 35.5 Å². The zero-order chi connectivity index (χ0) is 13.0. The predicted molar refractivity (Wildman–Crippen MR) is 78.5 cm³/mol. The summed E-state index contributed by atoms with van der Waals surface area (Å²) in [7, 11) is 0. The van der Waals surface area contributed by atoms with Crippen LogP contribution in [-0.2, 0) is 0 Å². The van der Waals surface area contributed by atoms with Gasteiger partial charge in [-0.15, -0.1) is 0 Å². The molecule has 0 aromatic carbocycles. The van der Waals surface area contributed by atoms with Crippen LogP contribution >= 0.6 is 0 Å². The van der Waals surface area contributed by atoms with Gasteiger partial charge in [-0.3, -0.25) is 0 Å². The number of nitrogens with two attached hydrogens (primary N) is 2. The molecule has 5 aliphatic rings. The van der Waals surface area contributed by atoms with E-state index < -0.39 is 0 Å². The molecule has 4 N–H and O–H groups in total. The second-order valence-corrected chi connectivity index (χ2v) is 8.41. The van der Waals surface area contributed by atoms with Crippen molar-refractivity contribution < 1.29 is 0 Å². The monoisotopic (exact) mass is 262 g/mol. The van der Waals surface area contributed by atoms with Gasteiger partial charge in [0.05, 0.1) is 0 Å².